The van der Waals surface area contributed by atoms with E-state index in [1.165, 1.54) is 42.7 Å². The number of nitrogens with one attached hydrogen (secondary N) is 2. The van der Waals surface area contributed by atoms with E-state index in [4.69, 9.17) is 10.5 Å². The average Bonchev–Trinajstić information content (AvgIpc) is 3.48. The van der Waals surface area contributed by atoms with E-state index in [1.807, 2.05) is 38.1 Å². The number of aryl methyl sites for hydroxylation is 2. The molecule has 4 N–H and O–H groups in total. The molecule has 0 saturated carbocycles. The number of hydrogen-bond donors (Lipinski definition) is 3. The molecule has 3 aromatic carbocycles. The van der Waals surface area contributed by atoms with E-state index < -0.39 is 23.6 Å². The van der Waals surface area contributed by atoms with Gasteiger partial charge in [0.05, 0.1) is 6.42 Å². The Morgan fingerprint density at radius 2 is 1.74 bits per heavy atom. The molecular formula is C40H41F2N7O4. The van der Waals surface area contributed by atoms with Crippen molar-refractivity contribution < 1.29 is 27.9 Å². The number of carbonyl (C=O) groups is 3. The van der Waals surface area contributed by atoms with Crippen LogP contribution in [-0.2, 0) is 30.6 Å². The quantitative estimate of drug-likeness (QED) is 0.0973. The van der Waals surface area contributed by atoms with Crippen molar-refractivity contribution in [2.24, 2.45) is 5.73 Å². The highest BCUT2D eigenvalue weighted by molar-refractivity contribution is 6.05. The molecule has 3 amide bonds. The summed E-state index contributed by atoms with van der Waals surface area (Å²) in [4.78, 5) is 44.1. The van der Waals surface area contributed by atoms with Gasteiger partial charge in [-0.05, 0) is 112 Å². The molecule has 6 rings (SSSR count). The summed E-state index contributed by atoms with van der Waals surface area (Å²) >= 11 is 0. The van der Waals surface area contributed by atoms with E-state index >= 15 is 4.39 Å². The zero-order valence-electron chi connectivity index (χ0n) is 29.6. The number of carbonyl (C=O) groups excluding carboxylic acids is 3. The summed E-state index contributed by atoms with van der Waals surface area (Å²) in [7, 11) is 0. The molecule has 1 fully saturated rings. The summed E-state index contributed by atoms with van der Waals surface area (Å²) in [5.41, 5.74) is 11.8. The average molecular weight is 722 g/mol. The number of nitrogens with zero attached hydrogens (tertiary/aromatic N) is 4. The van der Waals surface area contributed by atoms with Gasteiger partial charge in [-0.1, -0.05) is 35.9 Å². The van der Waals surface area contributed by atoms with E-state index in [1.54, 1.807) is 10.6 Å². The van der Waals surface area contributed by atoms with Gasteiger partial charge in [0.25, 0.3) is 0 Å². The maximum Gasteiger partial charge on any atom is 0.325 e. The van der Waals surface area contributed by atoms with E-state index in [-0.39, 0.29) is 35.6 Å². The molecule has 2 aromatic heterocycles. The number of likely N-dealkylation sites (tertiary alicyclic amines) is 1. The van der Waals surface area contributed by atoms with Gasteiger partial charge < -0.3 is 15.8 Å². The summed E-state index contributed by atoms with van der Waals surface area (Å²) in [6, 6.07) is 18.2. The normalized spacial score (nSPS) is 13.5. The highest BCUT2D eigenvalue weighted by Crippen LogP contribution is 2.32. The predicted octanol–water partition coefficient (Wildman–Crippen LogP) is 6.55. The highest BCUT2D eigenvalue weighted by atomic mass is 19.1. The molecule has 274 valence electrons. The van der Waals surface area contributed by atoms with E-state index in [2.05, 4.69) is 31.7 Å². The number of ether oxygens (including phenoxy) is 1. The monoisotopic (exact) mass is 721 g/mol. The number of rotatable bonds is 12. The molecule has 0 spiro atoms. The maximum absolute atomic E-state index is 15.5. The number of halogens is 2. The first-order valence-corrected chi connectivity index (χ1v) is 17.4. The van der Waals surface area contributed by atoms with Crippen molar-refractivity contribution in [2.75, 3.05) is 18.4 Å². The summed E-state index contributed by atoms with van der Waals surface area (Å²) in [6.45, 7) is 6.04. The van der Waals surface area contributed by atoms with Crippen molar-refractivity contribution in [3.8, 4) is 11.6 Å². The first-order valence-electron chi connectivity index (χ1n) is 17.4. The van der Waals surface area contributed by atoms with E-state index in [9.17, 15) is 18.8 Å². The number of hydrogen-bond acceptors (Lipinski definition) is 8. The van der Waals surface area contributed by atoms with Crippen molar-refractivity contribution in [3.63, 3.8) is 0 Å². The molecule has 1 saturated heterocycles. The summed E-state index contributed by atoms with van der Waals surface area (Å²) in [6.07, 6.45) is 5.86. The smallest absolute Gasteiger partial charge is 0.325 e. The molecule has 13 heteroatoms. The van der Waals surface area contributed by atoms with Gasteiger partial charge >= 0.3 is 6.03 Å². The Kier molecular flexibility index (Phi) is 11.7. The van der Waals surface area contributed by atoms with Gasteiger partial charge in [-0.25, -0.2) is 18.1 Å². The van der Waals surface area contributed by atoms with Crippen LogP contribution in [0.25, 0.3) is 5.52 Å². The number of benzene rings is 3. The minimum Gasteiger partial charge on any atom is -0.434 e. The Labute approximate surface area is 305 Å². The molecule has 0 bridgehead atoms. The third-order valence-corrected chi connectivity index (χ3v) is 8.93. The minimum atomic E-state index is -0.849. The fourth-order valence-corrected chi connectivity index (χ4v) is 6.27. The van der Waals surface area contributed by atoms with E-state index in [0.717, 1.165) is 54.4 Å². The lowest BCUT2D eigenvalue weighted by Gasteiger charge is -2.29. The Morgan fingerprint density at radius 1 is 0.962 bits per heavy atom. The van der Waals surface area contributed by atoms with Gasteiger partial charge in [-0.2, -0.15) is 10.1 Å². The van der Waals surface area contributed by atoms with Crippen LogP contribution in [0.2, 0.25) is 0 Å². The van der Waals surface area contributed by atoms with Crippen LogP contribution in [0.5, 0.6) is 11.6 Å². The molecular weight excluding hydrogens is 680 g/mol. The van der Waals surface area contributed by atoms with Crippen LogP contribution in [0.3, 0.4) is 0 Å². The highest BCUT2D eigenvalue weighted by Gasteiger charge is 2.22. The summed E-state index contributed by atoms with van der Waals surface area (Å²) < 4.78 is 36.5. The van der Waals surface area contributed by atoms with Gasteiger partial charge in [0.2, 0.25) is 11.8 Å². The number of ketones is 1. The maximum atomic E-state index is 15.5. The lowest BCUT2D eigenvalue weighted by molar-refractivity contribution is -0.119. The van der Waals surface area contributed by atoms with Crippen molar-refractivity contribution in [1.82, 2.24) is 24.8 Å². The van der Waals surface area contributed by atoms with Gasteiger partial charge in [-0.15, -0.1) is 0 Å². The van der Waals surface area contributed by atoms with Gasteiger partial charge in [0.1, 0.15) is 17.7 Å². The first kappa shape index (κ1) is 37.0. The van der Waals surface area contributed by atoms with Crippen LogP contribution in [0, 0.1) is 11.6 Å². The first-order chi connectivity index (χ1) is 25.5. The molecule has 0 radical (unpaired) electrons. The summed E-state index contributed by atoms with van der Waals surface area (Å²) in [5, 5.41) is 9.18. The SMILES string of the molecule is CC(C)=CC(=O)c1cccc(CCc2cc(CN3CCC(N)CC3)c3c(Oc4ccc(NC(=O)NC(=O)Cc5ccc(F)cc5)cc4F)ncnn23)c1. The van der Waals surface area contributed by atoms with Crippen LogP contribution < -0.4 is 21.1 Å². The molecule has 1 aliphatic rings. The second-order valence-electron chi connectivity index (χ2n) is 13.4. The second-order valence-corrected chi connectivity index (χ2v) is 13.4. The standard InChI is InChI=1S/C40H41F2N7O4/c1-25(2)18-35(50)28-5-3-4-26(19-28)8-12-33-21-29(23-48-16-14-31(43)15-17-48)38-39(44-24-45-49(33)38)53-36-13-11-32(22-34(36)42)46-40(52)47-37(51)20-27-6-9-30(41)10-7-27/h3-7,9-11,13,18-19,21-22,24,31H,8,12,14-17,20,23,43H2,1-2H3,(H2,46,47,51,52). The largest absolute Gasteiger partial charge is 0.434 e. The number of nitrogens with two attached hydrogens (primary N) is 1. The number of piperidine rings is 1. The molecule has 11 nitrogen and oxygen atoms in total. The molecule has 1 aliphatic heterocycles. The fraction of sp³-hybridized carbons (Fsp3) is 0.275. The Balaban J connectivity index is 1.20. The van der Waals surface area contributed by atoms with Crippen molar-refractivity contribution >= 4 is 28.9 Å². The lowest BCUT2D eigenvalue weighted by atomic mass is 10.0. The van der Waals surface area contributed by atoms with Crippen LogP contribution in [0.15, 0.2) is 90.8 Å². The fourth-order valence-electron chi connectivity index (χ4n) is 6.27. The summed E-state index contributed by atoms with van der Waals surface area (Å²) in [5.74, 6) is -1.81. The van der Waals surface area contributed by atoms with Crippen LogP contribution in [-0.4, -0.2) is 56.4 Å². The number of aromatic nitrogens is 3. The predicted molar refractivity (Wildman–Crippen MR) is 197 cm³/mol. The molecule has 0 unspecified atom stereocenters. The molecule has 3 heterocycles. The van der Waals surface area contributed by atoms with E-state index in [0.29, 0.717) is 36.0 Å². The van der Waals surface area contributed by atoms with Crippen molar-refractivity contribution in [3.05, 3.63) is 130 Å². The lowest BCUT2D eigenvalue weighted by Crippen LogP contribution is -2.39. The third-order valence-electron chi connectivity index (χ3n) is 8.93. The molecule has 0 atom stereocenters. The van der Waals surface area contributed by atoms with Gasteiger partial charge in [-0.3, -0.25) is 19.8 Å². The third kappa shape index (κ3) is 9.76. The number of anilines is 1. The number of amides is 3. The second kappa shape index (κ2) is 16.7. The number of urea groups is 1. The Hall–Kier alpha value is -5.79. The minimum absolute atomic E-state index is 0.0361. The molecule has 5 aromatic rings. The molecule has 53 heavy (non-hydrogen) atoms. The Bertz CT molecular complexity index is 2150. The Morgan fingerprint density at radius 3 is 2.47 bits per heavy atom. The number of fused-ring (bicyclic) bond motifs is 1. The van der Waals surface area contributed by atoms with Crippen molar-refractivity contribution in [2.45, 2.75) is 58.5 Å². The van der Waals surface area contributed by atoms with Crippen molar-refractivity contribution in [1.29, 1.82) is 0 Å². The van der Waals surface area contributed by atoms with Gasteiger partial charge in [0, 0.05) is 35.6 Å². The zero-order chi connectivity index (χ0) is 37.5. The molecule has 0 aliphatic carbocycles. The number of allylic oxidation sites excluding steroid dienone is 2. The number of imide groups is 1. The van der Waals surface area contributed by atoms with Crippen LogP contribution in [0.1, 0.15) is 59.4 Å². The van der Waals surface area contributed by atoms with Gasteiger partial charge in [0.15, 0.2) is 17.3 Å². The topological polar surface area (TPSA) is 144 Å². The zero-order valence-corrected chi connectivity index (χ0v) is 29.6. The van der Waals surface area contributed by atoms with Crippen LogP contribution in [0.4, 0.5) is 19.3 Å². The van der Waals surface area contributed by atoms with Crippen LogP contribution >= 0.6 is 0 Å².